The molecular formula is C12H15FN2O4. The van der Waals surface area contributed by atoms with Crippen molar-refractivity contribution in [2.75, 3.05) is 18.6 Å². The lowest BCUT2D eigenvalue weighted by Crippen LogP contribution is -2.47. The summed E-state index contributed by atoms with van der Waals surface area (Å²) in [5.41, 5.74) is 0.423. The molecule has 1 aromatic carbocycles. The zero-order valence-corrected chi connectivity index (χ0v) is 10.3. The molecule has 0 heterocycles. The molecule has 0 saturated heterocycles. The Morgan fingerprint density at radius 2 is 1.95 bits per heavy atom. The first-order chi connectivity index (χ1) is 8.95. The summed E-state index contributed by atoms with van der Waals surface area (Å²) in [5.74, 6) is -1.66. The van der Waals surface area contributed by atoms with Crippen molar-refractivity contribution in [3.05, 3.63) is 30.1 Å². The number of aliphatic hydroxyl groups excluding tert-OH is 1. The van der Waals surface area contributed by atoms with Crippen LogP contribution in [0, 0.1) is 5.82 Å². The fourth-order valence-electron chi connectivity index (χ4n) is 1.41. The summed E-state index contributed by atoms with van der Waals surface area (Å²) >= 11 is 0. The summed E-state index contributed by atoms with van der Waals surface area (Å²) in [6.07, 6.45) is -0.0850. The van der Waals surface area contributed by atoms with Crippen LogP contribution >= 0.6 is 0 Å². The van der Waals surface area contributed by atoms with Gasteiger partial charge in [-0.2, -0.15) is 0 Å². The number of aliphatic hydroxyl groups is 1. The molecule has 0 bridgehead atoms. The molecule has 0 aliphatic carbocycles. The van der Waals surface area contributed by atoms with E-state index in [1.807, 2.05) is 0 Å². The third-order valence-corrected chi connectivity index (χ3v) is 2.53. The summed E-state index contributed by atoms with van der Waals surface area (Å²) in [6, 6.07) is 3.38. The first-order valence-corrected chi connectivity index (χ1v) is 5.59. The number of urea groups is 1. The first-order valence-electron chi connectivity index (χ1n) is 5.59. The van der Waals surface area contributed by atoms with Gasteiger partial charge in [0.05, 0.1) is 0 Å². The highest BCUT2D eigenvalue weighted by molar-refractivity contribution is 5.93. The first kappa shape index (κ1) is 14.9. The molecule has 0 aliphatic heterocycles. The summed E-state index contributed by atoms with van der Waals surface area (Å²) in [7, 11) is 1.43. The molecule has 19 heavy (non-hydrogen) atoms. The maximum Gasteiger partial charge on any atom is 0.326 e. The number of anilines is 1. The lowest BCUT2D eigenvalue weighted by molar-refractivity contribution is -0.139. The number of carboxylic acids is 1. The molecule has 3 N–H and O–H groups in total. The molecule has 0 fully saturated rings. The third-order valence-electron chi connectivity index (χ3n) is 2.53. The second kappa shape index (κ2) is 6.69. The normalized spacial score (nSPS) is 11.7. The summed E-state index contributed by atoms with van der Waals surface area (Å²) in [6.45, 7) is -0.350. The van der Waals surface area contributed by atoms with E-state index in [0.717, 1.165) is 4.90 Å². The molecule has 0 spiro atoms. The van der Waals surface area contributed by atoms with Crippen LogP contribution in [0.15, 0.2) is 24.3 Å². The quantitative estimate of drug-likeness (QED) is 0.738. The molecule has 0 aliphatic rings. The fourth-order valence-corrected chi connectivity index (χ4v) is 1.41. The van der Waals surface area contributed by atoms with Gasteiger partial charge in [0.1, 0.15) is 11.9 Å². The minimum absolute atomic E-state index is 0.0850. The standard InChI is InChI=1S/C12H15FN2O4/c1-15(9-4-2-8(13)3-5-9)12(19)14-10(6-7-16)11(17)18/h2-5,10,16H,6-7H2,1H3,(H,14,19)(H,17,18)/t10-/m0/s1. The molecule has 1 aromatic rings. The van der Waals surface area contributed by atoms with Crippen molar-refractivity contribution in [2.45, 2.75) is 12.5 Å². The van der Waals surface area contributed by atoms with Crippen LogP contribution in [0.1, 0.15) is 6.42 Å². The van der Waals surface area contributed by atoms with E-state index in [0.29, 0.717) is 5.69 Å². The Labute approximate surface area is 109 Å². The fraction of sp³-hybridized carbons (Fsp3) is 0.333. The molecule has 104 valence electrons. The topological polar surface area (TPSA) is 89.9 Å². The molecular weight excluding hydrogens is 255 g/mol. The predicted octanol–water partition coefficient (Wildman–Crippen LogP) is 0.807. The largest absolute Gasteiger partial charge is 0.480 e. The number of aliphatic carboxylic acids is 1. The van der Waals surface area contributed by atoms with Crippen molar-refractivity contribution in [3.8, 4) is 0 Å². The van der Waals surface area contributed by atoms with E-state index in [1.54, 1.807) is 0 Å². The molecule has 0 radical (unpaired) electrons. The zero-order chi connectivity index (χ0) is 14.4. The van der Waals surface area contributed by atoms with E-state index in [1.165, 1.54) is 31.3 Å². The minimum Gasteiger partial charge on any atom is -0.480 e. The smallest absolute Gasteiger partial charge is 0.326 e. The van der Waals surface area contributed by atoms with Crippen molar-refractivity contribution in [2.24, 2.45) is 0 Å². The molecule has 0 saturated carbocycles. The Kier molecular flexibility index (Phi) is 5.25. The average Bonchev–Trinajstić information content (AvgIpc) is 2.38. The second-order valence-electron chi connectivity index (χ2n) is 3.89. The van der Waals surface area contributed by atoms with E-state index >= 15 is 0 Å². The monoisotopic (exact) mass is 270 g/mol. The third kappa shape index (κ3) is 4.22. The van der Waals surface area contributed by atoms with Crippen LogP contribution in [0.4, 0.5) is 14.9 Å². The van der Waals surface area contributed by atoms with E-state index < -0.39 is 23.9 Å². The number of halogens is 1. The molecule has 1 atom stereocenters. The van der Waals surface area contributed by atoms with Crippen LogP contribution in [0.3, 0.4) is 0 Å². The molecule has 0 unspecified atom stereocenters. The number of carbonyl (C=O) groups excluding carboxylic acids is 1. The van der Waals surface area contributed by atoms with Gasteiger partial charge in [-0.1, -0.05) is 0 Å². The zero-order valence-electron chi connectivity index (χ0n) is 10.3. The number of rotatable bonds is 5. The van der Waals surface area contributed by atoms with Crippen LogP contribution < -0.4 is 10.2 Å². The Bertz CT molecular complexity index is 450. The molecule has 7 heteroatoms. The van der Waals surface area contributed by atoms with Crippen molar-refractivity contribution in [3.63, 3.8) is 0 Å². The van der Waals surface area contributed by atoms with Crippen LogP contribution in [-0.2, 0) is 4.79 Å². The average molecular weight is 270 g/mol. The second-order valence-corrected chi connectivity index (χ2v) is 3.89. The number of hydrogen-bond acceptors (Lipinski definition) is 3. The van der Waals surface area contributed by atoms with Crippen LogP contribution in [0.25, 0.3) is 0 Å². The minimum atomic E-state index is -1.23. The van der Waals surface area contributed by atoms with Gasteiger partial charge >= 0.3 is 12.0 Å². The number of amides is 2. The number of hydrogen-bond donors (Lipinski definition) is 3. The van der Waals surface area contributed by atoms with Crippen molar-refractivity contribution >= 4 is 17.7 Å². The van der Waals surface area contributed by atoms with Gasteiger partial charge in [0, 0.05) is 25.8 Å². The van der Waals surface area contributed by atoms with E-state index in [-0.39, 0.29) is 13.0 Å². The molecule has 0 aromatic heterocycles. The highest BCUT2D eigenvalue weighted by Gasteiger charge is 2.21. The van der Waals surface area contributed by atoms with Gasteiger partial charge in [0.2, 0.25) is 0 Å². The van der Waals surface area contributed by atoms with Gasteiger partial charge in [0.15, 0.2) is 0 Å². The molecule has 2 amide bonds. The maximum absolute atomic E-state index is 12.7. The predicted molar refractivity (Wildman–Crippen MR) is 66.5 cm³/mol. The van der Waals surface area contributed by atoms with Gasteiger partial charge < -0.3 is 15.5 Å². The Morgan fingerprint density at radius 1 is 1.37 bits per heavy atom. The number of carboxylic acid groups (broad SMARTS) is 1. The number of benzene rings is 1. The van der Waals surface area contributed by atoms with E-state index in [2.05, 4.69) is 5.32 Å². The summed E-state index contributed by atoms with van der Waals surface area (Å²) in [4.78, 5) is 23.8. The van der Waals surface area contributed by atoms with Crippen LogP contribution in [0.2, 0.25) is 0 Å². The lowest BCUT2D eigenvalue weighted by Gasteiger charge is -2.21. The van der Waals surface area contributed by atoms with Gasteiger partial charge in [-0.05, 0) is 24.3 Å². The summed E-state index contributed by atoms with van der Waals surface area (Å²) < 4.78 is 12.7. The van der Waals surface area contributed by atoms with E-state index in [4.69, 9.17) is 10.2 Å². The van der Waals surface area contributed by atoms with Gasteiger partial charge in [-0.15, -0.1) is 0 Å². The van der Waals surface area contributed by atoms with E-state index in [9.17, 15) is 14.0 Å². The van der Waals surface area contributed by atoms with Gasteiger partial charge in [-0.3, -0.25) is 4.90 Å². The van der Waals surface area contributed by atoms with Crippen LogP contribution in [0.5, 0.6) is 0 Å². The number of nitrogens with one attached hydrogen (secondary N) is 1. The van der Waals surface area contributed by atoms with Crippen molar-refractivity contribution in [1.82, 2.24) is 5.32 Å². The maximum atomic E-state index is 12.7. The van der Waals surface area contributed by atoms with Crippen molar-refractivity contribution in [1.29, 1.82) is 0 Å². The Morgan fingerprint density at radius 3 is 2.42 bits per heavy atom. The van der Waals surface area contributed by atoms with Gasteiger partial charge in [0.25, 0.3) is 0 Å². The Balaban J connectivity index is 2.71. The Hall–Kier alpha value is -2.15. The van der Waals surface area contributed by atoms with Crippen LogP contribution in [-0.4, -0.2) is 41.9 Å². The number of nitrogens with zero attached hydrogens (tertiary/aromatic N) is 1. The lowest BCUT2D eigenvalue weighted by atomic mass is 10.2. The summed E-state index contributed by atoms with van der Waals surface area (Å²) in [5, 5.41) is 19.8. The van der Waals surface area contributed by atoms with Crippen molar-refractivity contribution < 1.29 is 24.2 Å². The van der Waals surface area contributed by atoms with Gasteiger partial charge in [-0.25, -0.2) is 14.0 Å². The highest BCUT2D eigenvalue weighted by atomic mass is 19.1. The SMILES string of the molecule is CN(C(=O)N[C@@H](CCO)C(=O)O)c1ccc(F)cc1. The number of carbonyl (C=O) groups is 2. The molecule has 6 nitrogen and oxygen atoms in total. The molecule has 1 rings (SSSR count). The highest BCUT2D eigenvalue weighted by Crippen LogP contribution is 2.13.